The summed E-state index contributed by atoms with van der Waals surface area (Å²) >= 11 is 0. The third-order valence-corrected chi connectivity index (χ3v) is 3.43. The fraction of sp³-hybridized carbons (Fsp3) is 1.00. The Kier molecular flexibility index (Phi) is 2.86. The van der Waals surface area contributed by atoms with Crippen LogP contribution in [0.15, 0.2) is 0 Å². The van der Waals surface area contributed by atoms with Crippen molar-refractivity contribution in [1.29, 1.82) is 0 Å². The molecule has 2 fully saturated rings. The molecule has 13 heavy (non-hydrogen) atoms. The van der Waals surface area contributed by atoms with Gasteiger partial charge in [0.15, 0.2) is 0 Å². The Morgan fingerprint density at radius 3 is 2.77 bits per heavy atom. The van der Waals surface area contributed by atoms with E-state index in [4.69, 9.17) is 0 Å². The van der Waals surface area contributed by atoms with Gasteiger partial charge in [-0.15, -0.1) is 0 Å². The molecule has 2 aliphatic rings. The minimum atomic E-state index is -0.152. The van der Waals surface area contributed by atoms with Gasteiger partial charge in [0.1, 0.15) is 0 Å². The van der Waals surface area contributed by atoms with E-state index >= 15 is 0 Å². The second-order valence-electron chi connectivity index (χ2n) is 4.38. The van der Waals surface area contributed by atoms with Crippen molar-refractivity contribution in [2.75, 3.05) is 19.6 Å². The van der Waals surface area contributed by atoms with Gasteiger partial charge in [-0.1, -0.05) is 6.42 Å². The van der Waals surface area contributed by atoms with Crippen LogP contribution in [0, 0.1) is 0 Å². The number of piperidine rings is 1. The Bertz CT molecular complexity index is 174. The van der Waals surface area contributed by atoms with Gasteiger partial charge in [0.05, 0.1) is 6.10 Å². The van der Waals surface area contributed by atoms with Crippen LogP contribution in [-0.4, -0.2) is 47.8 Å². The van der Waals surface area contributed by atoms with Crippen molar-refractivity contribution in [2.45, 2.75) is 44.4 Å². The summed E-state index contributed by atoms with van der Waals surface area (Å²) in [5.41, 5.74) is 0. The van der Waals surface area contributed by atoms with E-state index < -0.39 is 0 Å². The fourth-order valence-corrected chi connectivity index (χ4v) is 2.60. The molecule has 0 bridgehead atoms. The molecule has 3 atom stereocenters. The predicted molar refractivity (Wildman–Crippen MR) is 52.7 cm³/mol. The smallest absolute Gasteiger partial charge is 0.0831 e. The molecular weight excluding hydrogens is 164 g/mol. The summed E-state index contributed by atoms with van der Waals surface area (Å²) in [4.78, 5) is 2.48. The zero-order valence-electron chi connectivity index (χ0n) is 8.37. The van der Waals surface area contributed by atoms with Crippen LogP contribution in [0.4, 0.5) is 0 Å². The molecule has 3 heteroatoms. The maximum Gasteiger partial charge on any atom is 0.0831 e. The average Bonchev–Trinajstić information content (AvgIpc) is 2.52. The topological polar surface area (TPSA) is 35.5 Å². The monoisotopic (exact) mass is 184 g/mol. The van der Waals surface area contributed by atoms with E-state index in [2.05, 4.69) is 17.1 Å². The summed E-state index contributed by atoms with van der Waals surface area (Å²) in [6.45, 7) is 5.19. The minimum Gasteiger partial charge on any atom is -0.390 e. The second kappa shape index (κ2) is 3.95. The van der Waals surface area contributed by atoms with E-state index in [1.165, 1.54) is 25.8 Å². The molecule has 76 valence electrons. The maximum absolute atomic E-state index is 9.75. The molecule has 2 N–H and O–H groups in total. The van der Waals surface area contributed by atoms with Crippen LogP contribution in [0.5, 0.6) is 0 Å². The van der Waals surface area contributed by atoms with Gasteiger partial charge in [-0.3, -0.25) is 4.90 Å². The summed E-state index contributed by atoms with van der Waals surface area (Å²) in [6, 6.07) is 1.03. The van der Waals surface area contributed by atoms with Crippen molar-refractivity contribution in [3.8, 4) is 0 Å². The minimum absolute atomic E-state index is 0.152. The van der Waals surface area contributed by atoms with E-state index in [1.807, 2.05) is 0 Å². The summed E-state index contributed by atoms with van der Waals surface area (Å²) in [7, 11) is 0. The van der Waals surface area contributed by atoms with Gasteiger partial charge in [-0.25, -0.2) is 0 Å². The quantitative estimate of drug-likeness (QED) is 0.611. The van der Waals surface area contributed by atoms with Crippen LogP contribution >= 0.6 is 0 Å². The van der Waals surface area contributed by atoms with E-state index in [9.17, 15) is 5.11 Å². The Balaban J connectivity index is 1.97. The molecule has 0 aromatic carbocycles. The summed E-state index contributed by atoms with van der Waals surface area (Å²) in [6.07, 6.45) is 3.80. The Morgan fingerprint density at radius 2 is 2.15 bits per heavy atom. The highest BCUT2D eigenvalue weighted by molar-refractivity contribution is 4.91. The van der Waals surface area contributed by atoms with E-state index in [0.29, 0.717) is 12.1 Å². The van der Waals surface area contributed by atoms with Gasteiger partial charge in [0.2, 0.25) is 0 Å². The summed E-state index contributed by atoms with van der Waals surface area (Å²) in [5, 5.41) is 13.0. The number of nitrogens with zero attached hydrogens (tertiary/aromatic N) is 1. The van der Waals surface area contributed by atoms with Gasteiger partial charge < -0.3 is 10.4 Å². The number of nitrogens with one attached hydrogen (secondary N) is 1. The molecule has 2 rings (SSSR count). The van der Waals surface area contributed by atoms with Crippen molar-refractivity contribution < 1.29 is 5.11 Å². The molecule has 2 aliphatic heterocycles. The molecule has 0 aromatic rings. The Hall–Kier alpha value is -0.120. The lowest BCUT2D eigenvalue weighted by molar-refractivity contribution is 0.0407. The third-order valence-electron chi connectivity index (χ3n) is 3.43. The number of β-amino-alcohol motifs (C(OH)–C–C–N with tert-alkyl or cyclic N) is 1. The van der Waals surface area contributed by atoms with Crippen LogP contribution in [-0.2, 0) is 0 Å². The molecule has 0 amide bonds. The highest BCUT2D eigenvalue weighted by Crippen LogP contribution is 2.21. The van der Waals surface area contributed by atoms with Crippen molar-refractivity contribution in [2.24, 2.45) is 0 Å². The maximum atomic E-state index is 9.75. The first-order valence-electron chi connectivity index (χ1n) is 5.43. The van der Waals surface area contributed by atoms with E-state index in [0.717, 1.165) is 13.1 Å². The number of aliphatic hydroxyl groups excluding tert-OH is 1. The molecule has 0 spiro atoms. The average molecular weight is 184 g/mol. The largest absolute Gasteiger partial charge is 0.390 e. The molecule has 0 aromatic heterocycles. The summed E-state index contributed by atoms with van der Waals surface area (Å²) < 4.78 is 0. The predicted octanol–water partition coefficient (Wildman–Crippen LogP) is 0.193. The van der Waals surface area contributed by atoms with Crippen LogP contribution in [0.25, 0.3) is 0 Å². The van der Waals surface area contributed by atoms with Crippen molar-refractivity contribution in [1.82, 2.24) is 10.2 Å². The van der Waals surface area contributed by atoms with Crippen molar-refractivity contribution in [3.05, 3.63) is 0 Å². The van der Waals surface area contributed by atoms with Crippen molar-refractivity contribution >= 4 is 0 Å². The number of likely N-dealkylation sites (tertiary alicyclic amines) is 1. The molecule has 2 heterocycles. The van der Waals surface area contributed by atoms with Crippen LogP contribution < -0.4 is 5.32 Å². The molecular formula is C10H20N2O. The summed E-state index contributed by atoms with van der Waals surface area (Å²) in [5.74, 6) is 0. The van der Waals surface area contributed by atoms with Gasteiger partial charge in [-0.2, -0.15) is 0 Å². The van der Waals surface area contributed by atoms with E-state index in [-0.39, 0.29) is 6.10 Å². The van der Waals surface area contributed by atoms with E-state index in [1.54, 1.807) is 0 Å². The van der Waals surface area contributed by atoms with Gasteiger partial charge in [-0.05, 0) is 26.3 Å². The zero-order valence-corrected chi connectivity index (χ0v) is 8.37. The lowest BCUT2D eigenvalue weighted by atomic mass is 10.00. The number of aliphatic hydroxyl groups is 1. The normalized spacial score (nSPS) is 42.5. The highest BCUT2D eigenvalue weighted by Gasteiger charge is 2.33. The van der Waals surface area contributed by atoms with Crippen LogP contribution in [0.2, 0.25) is 0 Å². The van der Waals surface area contributed by atoms with Crippen LogP contribution in [0.1, 0.15) is 26.2 Å². The first kappa shape index (κ1) is 9.44. The Morgan fingerprint density at radius 1 is 1.31 bits per heavy atom. The fourth-order valence-electron chi connectivity index (χ4n) is 2.60. The zero-order chi connectivity index (χ0) is 9.26. The second-order valence-corrected chi connectivity index (χ2v) is 4.38. The standard InChI is InChI=1S/C10H20N2O/c1-8-4-2-3-5-12(8)9-6-11-7-10(9)13/h8-11,13H,2-7H2,1H3. The van der Waals surface area contributed by atoms with Gasteiger partial charge in [0.25, 0.3) is 0 Å². The number of hydrogen-bond acceptors (Lipinski definition) is 3. The van der Waals surface area contributed by atoms with Crippen LogP contribution in [0.3, 0.4) is 0 Å². The lowest BCUT2D eigenvalue weighted by Gasteiger charge is -2.38. The molecule has 0 radical (unpaired) electrons. The first-order valence-corrected chi connectivity index (χ1v) is 5.43. The molecule has 3 unspecified atom stereocenters. The van der Waals surface area contributed by atoms with Gasteiger partial charge in [0, 0.05) is 25.2 Å². The third kappa shape index (κ3) is 1.87. The van der Waals surface area contributed by atoms with Gasteiger partial charge >= 0.3 is 0 Å². The Labute approximate surface area is 80.1 Å². The highest BCUT2D eigenvalue weighted by atomic mass is 16.3. The molecule has 3 nitrogen and oxygen atoms in total. The first-order chi connectivity index (χ1) is 6.29. The molecule has 2 saturated heterocycles. The lowest BCUT2D eigenvalue weighted by Crippen LogP contribution is -2.50. The van der Waals surface area contributed by atoms with Crippen molar-refractivity contribution in [3.63, 3.8) is 0 Å². The SMILES string of the molecule is CC1CCCCN1C1CNCC1O. The number of rotatable bonds is 1. The molecule has 0 aliphatic carbocycles. The number of hydrogen-bond donors (Lipinski definition) is 2. The molecule has 0 saturated carbocycles.